The first-order chi connectivity index (χ1) is 8.03. The predicted octanol–water partition coefficient (Wildman–Crippen LogP) is 1.90. The second kappa shape index (κ2) is 15.6. The zero-order valence-corrected chi connectivity index (χ0v) is 11.1. The molecule has 0 aliphatic rings. The molecule has 5 nitrogen and oxygen atoms in total. The normalized spacial score (nSPS) is 11.4. The molecule has 0 aromatic rings. The minimum atomic E-state index is -0.232. The molecule has 0 fully saturated rings. The summed E-state index contributed by atoms with van der Waals surface area (Å²) < 4.78 is 15.7. The number of carbonyl (C=O) groups is 2. The number of nitrogens with two attached hydrogens (primary N) is 1. The summed E-state index contributed by atoms with van der Waals surface area (Å²) >= 11 is 0. The van der Waals surface area contributed by atoms with Gasteiger partial charge in [0.05, 0.1) is 13.2 Å². The Balaban J connectivity index is -0.000000507. The summed E-state index contributed by atoms with van der Waals surface area (Å²) in [6.45, 7) is 4.04. The molecule has 0 rings (SSSR count). The monoisotopic (exact) mass is 269 g/mol. The van der Waals surface area contributed by atoms with Crippen LogP contribution in [0.4, 0.5) is 0 Å². The van der Waals surface area contributed by atoms with Crippen molar-refractivity contribution in [2.45, 2.75) is 41.0 Å². The van der Waals surface area contributed by atoms with Gasteiger partial charge in [0, 0.05) is 29.6 Å². The number of Topliss-reactive ketones (excluding diaryl/α,β-unsaturated/α-hetero) is 2. The zero-order valence-electron chi connectivity index (χ0n) is 10.9. The third-order valence-electron chi connectivity index (χ3n) is 1.84. The molecule has 0 aliphatic carbocycles. The molecule has 0 bridgehead atoms. The van der Waals surface area contributed by atoms with Gasteiger partial charge in [-0.3, -0.25) is 14.2 Å². The number of rotatable bonds is 7. The largest absolute Gasteiger partial charge is 0.380 e. The van der Waals surface area contributed by atoms with E-state index in [1.54, 1.807) is 6.92 Å². The van der Waals surface area contributed by atoms with Crippen molar-refractivity contribution in [3.63, 3.8) is 0 Å². The minimum Gasteiger partial charge on any atom is -0.380 e. The Morgan fingerprint density at radius 1 is 1.53 bits per heavy atom. The lowest BCUT2D eigenvalue weighted by molar-refractivity contribution is -0.122. The maximum absolute atomic E-state index is 11.0. The first-order valence-corrected chi connectivity index (χ1v) is 5.47. The molecular weight excluding hydrogens is 241 g/mol. The van der Waals surface area contributed by atoms with Crippen molar-refractivity contribution < 1.29 is 20.3 Å². The van der Waals surface area contributed by atoms with Gasteiger partial charge in [-0.15, -0.1) is 0 Å². The Labute approximate surface area is 108 Å². The van der Waals surface area contributed by atoms with E-state index in [1.165, 1.54) is 0 Å². The second-order valence-corrected chi connectivity index (χ2v) is 3.49. The van der Waals surface area contributed by atoms with Gasteiger partial charge in [-0.1, -0.05) is 21.3 Å². The molecule has 0 aromatic carbocycles. The number of hydrogen-bond donors (Lipinski definition) is 1. The molecule has 0 amide bonds. The third kappa shape index (κ3) is 18.2. The molecule has 0 saturated heterocycles. The van der Waals surface area contributed by atoms with Crippen molar-refractivity contribution in [3.8, 4) is 0 Å². The quantitative estimate of drug-likeness (QED) is 0.434. The molecule has 0 saturated carbocycles. The van der Waals surface area contributed by atoms with Crippen LogP contribution in [0.25, 0.3) is 0 Å². The summed E-state index contributed by atoms with van der Waals surface area (Å²) in [5.41, 5.74) is 0. The van der Waals surface area contributed by atoms with E-state index in [0.717, 1.165) is 0 Å². The van der Waals surface area contributed by atoms with E-state index in [1.807, 2.05) is 16.4 Å². The first kappa shape index (κ1) is 19.0. The van der Waals surface area contributed by atoms with Crippen LogP contribution in [0.1, 0.15) is 42.4 Å². The second-order valence-electron chi connectivity index (χ2n) is 3.22. The van der Waals surface area contributed by atoms with E-state index < -0.39 is 0 Å². The van der Waals surface area contributed by atoms with Crippen LogP contribution in [0.2, 0.25) is 0 Å². The fourth-order valence-corrected chi connectivity index (χ4v) is 0.716. The molecular formula is C11H26NO4P. The van der Waals surface area contributed by atoms with Crippen LogP contribution in [-0.4, -0.2) is 24.8 Å². The highest BCUT2D eigenvalue weighted by Crippen LogP contribution is 1.98. The molecule has 0 radical (unpaired) electrons. The Morgan fingerprint density at radius 2 is 2.06 bits per heavy atom. The van der Waals surface area contributed by atoms with E-state index in [4.69, 9.17) is 6.11 Å². The zero-order chi connectivity index (χ0) is 13.7. The molecule has 17 heavy (non-hydrogen) atoms. The van der Waals surface area contributed by atoms with E-state index in [9.17, 15) is 9.59 Å². The van der Waals surface area contributed by atoms with Crippen LogP contribution in [-0.2, 0) is 19.0 Å². The average molecular weight is 269 g/mol. The van der Waals surface area contributed by atoms with Crippen molar-refractivity contribution in [2.24, 2.45) is 11.8 Å². The summed E-state index contributed by atoms with van der Waals surface area (Å²) in [5.74, 6) is 4.13. The van der Waals surface area contributed by atoms with Crippen molar-refractivity contribution in [3.05, 3.63) is 0 Å². The van der Waals surface area contributed by atoms with Crippen LogP contribution in [0.15, 0.2) is 0 Å². The Bertz CT molecular complexity index is 217. The van der Waals surface area contributed by atoms with Crippen molar-refractivity contribution in [1.82, 2.24) is 0 Å². The average Bonchev–Trinajstić information content (AvgIpc) is 2.33. The smallest absolute Gasteiger partial charge is 0.134 e. The van der Waals surface area contributed by atoms with E-state index >= 15 is 0 Å². The molecule has 104 valence electrons. The highest BCUT2D eigenvalue weighted by Gasteiger charge is 2.07. The SMILES string of the molecule is C.NOP.[3H]CC(=O)C(C)COCCC(=O)CC. The van der Waals surface area contributed by atoms with Gasteiger partial charge in [0.2, 0.25) is 0 Å². The Morgan fingerprint density at radius 3 is 2.47 bits per heavy atom. The number of ketones is 2. The molecule has 2 atom stereocenters. The van der Waals surface area contributed by atoms with E-state index in [-0.39, 0.29) is 31.8 Å². The first-order valence-electron chi connectivity index (χ1n) is 5.71. The third-order valence-corrected chi connectivity index (χ3v) is 1.84. The van der Waals surface area contributed by atoms with Gasteiger partial charge in [0.1, 0.15) is 11.6 Å². The summed E-state index contributed by atoms with van der Waals surface area (Å²) in [6, 6.07) is 0. The van der Waals surface area contributed by atoms with E-state index in [0.29, 0.717) is 26.1 Å². The summed E-state index contributed by atoms with van der Waals surface area (Å²) in [6.07, 6.45) is 0.947. The van der Waals surface area contributed by atoms with Crippen molar-refractivity contribution >= 4 is 21.0 Å². The molecule has 2 N–H and O–H groups in total. The van der Waals surface area contributed by atoms with Gasteiger partial charge < -0.3 is 4.74 Å². The summed E-state index contributed by atoms with van der Waals surface area (Å²) in [4.78, 5) is 21.8. The fraction of sp³-hybridized carbons (Fsp3) is 0.818. The number of carbonyl (C=O) groups excluding carboxylic acids is 2. The molecule has 6 heteroatoms. The highest BCUT2D eigenvalue weighted by molar-refractivity contribution is 7.09. The lowest BCUT2D eigenvalue weighted by atomic mass is 10.1. The lowest BCUT2D eigenvalue weighted by Gasteiger charge is -2.07. The molecule has 0 aromatic heterocycles. The maximum Gasteiger partial charge on any atom is 0.134 e. The molecule has 0 spiro atoms. The maximum atomic E-state index is 11.0. The summed E-state index contributed by atoms with van der Waals surface area (Å²) in [5, 5.41) is 0. The van der Waals surface area contributed by atoms with Crippen LogP contribution in [0.5, 0.6) is 0 Å². The summed E-state index contributed by atoms with van der Waals surface area (Å²) in [7, 11) is 1.86. The standard InChI is InChI=1S/C10H18O3.CH4.H4NOP/c1-4-10(12)5-6-13-7-8(2)9(3)11;;1-2-3/h8H,4-7H2,1-3H3;1H4;1,3H2/i3T;;. The molecule has 0 heterocycles. The topological polar surface area (TPSA) is 78.6 Å². The Kier molecular flexibility index (Phi) is 17.5. The minimum absolute atomic E-state index is 0. The van der Waals surface area contributed by atoms with Crippen LogP contribution in [0.3, 0.4) is 0 Å². The molecule has 0 aliphatic heterocycles. The van der Waals surface area contributed by atoms with Gasteiger partial charge in [-0.2, -0.15) is 0 Å². The van der Waals surface area contributed by atoms with Crippen LogP contribution < -0.4 is 5.90 Å². The van der Waals surface area contributed by atoms with Gasteiger partial charge in [0.25, 0.3) is 0 Å². The number of hydrogen-bond acceptors (Lipinski definition) is 5. The van der Waals surface area contributed by atoms with Crippen molar-refractivity contribution in [2.75, 3.05) is 13.2 Å². The van der Waals surface area contributed by atoms with E-state index in [2.05, 4.69) is 10.5 Å². The van der Waals surface area contributed by atoms with Gasteiger partial charge in [-0.25, -0.2) is 5.90 Å². The van der Waals surface area contributed by atoms with Gasteiger partial charge >= 0.3 is 0 Å². The van der Waals surface area contributed by atoms with Crippen molar-refractivity contribution in [1.29, 1.82) is 0 Å². The predicted molar refractivity (Wildman–Crippen MR) is 72.3 cm³/mol. The Hall–Kier alpha value is -0.350. The highest BCUT2D eigenvalue weighted by atomic mass is 31.0. The molecule has 2 unspecified atom stereocenters. The van der Waals surface area contributed by atoms with Crippen LogP contribution >= 0.6 is 9.47 Å². The van der Waals surface area contributed by atoms with Crippen LogP contribution in [0, 0.1) is 5.92 Å². The number of ether oxygens (including phenoxy) is 1. The fourth-order valence-electron chi connectivity index (χ4n) is 0.716. The van der Waals surface area contributed by atoms with Gasteiger partial charge in [0.15, 0.2) is 0 Å². The van der Waals surface area contributed by atoms with Gasteiger partial charge in [-0.05, 0) is 6.90 Å². The lowest BCUT2D eigenvalue weighted by Crippen LogP contribution is -2.15.